The lowest BCUT2D eigenvalue weighted by Crippen LogP contribution is -2.23. The minimum Gasteiger partial charge on any atom is -0.493 e. The molecule has 0 saturated carbocycles. The second-order valence-corrected chi connectivity index (χ2v) is 5.99. The molecule has 0 atom stereocenters. The number of hydrogen-bond donors (Lipinski definition) is 2. The summed E-state index contributed by atoms with van der Waals surface area (Å²) in [6, 6.07) is 5.49. The highest BCUT2D eigenvalue weighted by Gasteiger charge is 2.05. The molecule has 0 spiro atoms. The topological polar surface area (TPSA) is 81.8 Å². The van der Waals surface area contributed by atoms with Crippen molar-refractivity contribution in [3.05, 3.63) is 34.3 Å². The lowest BCUT2D eigenvalue weighted by Gasteiger charge is -2.10. The van der Waals surface area contributed by atoms with Crippen molar-refractivity contribution in [2.45, 2.75) is 19.8 Å². The van der Waals surface area contributed by atoms with Gasteiger partial charge in [0.2, 0.25) is 0 Å². The third-order valence-electron chi connectivity index (χ3n) is 3.21. The van der Waals surface area contributed by atoms with Crippen LogP contribution >= 0.6 is 35.3 Å². The first-order valence-corrected chi connectivity index (χ1v) is 8.20. The molecule has 1 aromatic heterocycles. The second-order valence-electron chi connectivity index (χ2n) is 4.79. The molecule has 0 aliphatic carbocycles. The van der Waals surface area contributed by atoms with E-state index in [2.05, 4.69) is 22.2 Å². The van der Waals surface area contributed by atoms with E-state index in [1.54, 1.807) is 25.6 Å². The minimum absolute atomic E-state index is 0. The van der Waals surface area contributed by atoms with Crippen LogP contribution in [0.25, 0.3) is 0 Å². The maximum Gasteiger partial charge on any atom is 0.193 e. The largest absolute Gasteiger partial charge is 0.493 e. The van der Waals surface area contributed by atoms with E-state index in [1.807, 2.05) is 24.4 Å². The number of guanidine groups is 1. The third kappa shape index (κ3) is 5.82. The van der Waals surface area contributed by atoms with Crippen molar-refractivity contribution < 1.29 is 9.47 Å². The van der Waals surface area contributed by atoms with Crippen molar-refractivity contribution in [3.8, 4) is 11.5 Å². The van der Waals surface area contributed by atoms with Crippen LogP contribution in [0.4, 0.5) is 5.69 Å². The van der Waals surface area contributed by atoms with Gasteiger partial charge in [-0.2, -0.15) is 0 Å². The van der Waals surface area contributed by atoms with Crippen molar-refractivity contribution >= 4 is 47.0 Å². The van der Waals surface area contributed by atoms with Gasteiger partial charge in [-0.1, -0.05) is 6.92 Å². The molecular weight excluding hydrogens is 439 g/mol. The number of thiazole rings is 1. The minimum atomic E-state index is 0. The summed E-state index contributed by atoms with van der Waals surface area (Å²) in [5.41, 5.74) is 6.71. The van der Waals surface area contributed by atoms with Crippen molar-refractivity contribution in [3.63, 3.8) is 0 Å². The Morgan fingerprint density at radius 2 is 2.04 bits per heavy atom. The second kappa shape index (κ2) is 10.3. The summed E-state index contributed by atoms with van der Waals surface area (Å²) in [6.45, 7) is 2.73. The predicted octanol–water partition coefficient (Wildman–Crippen LogP) is 3.31. The zero-order chi connectivity index (χ0) is 16.7. The number of nitrogens with zero attached hydrogens (tertiary/aromatic N) is 2. The zero-order valence-corrected chi connectivity index (χ0v) is 17.2. The zero-order valence-electron chi connectivity index (χ0n) is 14.0. The fourth-order valence-corrected chi connectivity index (χ4v) is 2.85. The molecule has 0 amide bonds. The Morgan fingerprint density at radius 1 is 1.29 bits per heavy atom. The number of rotatable bonds is 7. The predicted molar refractivity (Wildman–Crippen MR) is 110 cm³/mol. The fraction of sp³-hybridized carbons (Fsp3) is 0.375. The number of methoxy groups -OCH3 is 2. The van der Waals surface area contributed by atoms with Gasteiger partial charge in [0.1, 0.15) is 0 Å². The van der Waals surface area contributed by atoms with Crippen LogP contribution in [0, 0.1) is 0 Å². The smallest absolute Gasteiger partial charge is 0.193 e. The highest BCUT2D eigenvalue weighted by Crippen LogP contribution is 2.29. The number of nitrogens with two attached hydrogens (primary N) is 1. The summed E-state index contributed by atoms with van der Waals surface area (Å²) >= 11 is 1.73. The van der Waals surface area contributed by atoms with E-state index < -0.39 is 0 Å². The fourth-order valence-electron chi connectivity index (χ4n) is 2.00. The molecule has 132 valence electrons. The van der Waals surface area contributed by atoms with Gasteiger partial charge in [0, 0.05) is 35.8 Å². The molecule has 2 rings (SSSR count). The molecule has 3 N–H and O–H groups in total. The Balaban J connectivity index is 0.00000288. The van der Waals surface area contributed by atoms with Gasteiger partial charge >= 0.3 is 0 Å². The van der Waals surface area contributed by atoms with E-state index >= 15 is 0 Å². The number of nitrogens with one attached hydrogen (secondary N) is 1. The van der Waals surface area contributed by atoms with Gasteiger partial charge in [-0.3, -0.25) is 4.99 Å². The molecule has 0 aliphatic rings. The average molecular weight is 462 g/mol. The Bertz CT molecular complexity index is 676. The number of halogens is 1. The standard InChI is InChI=1S/C16H22N4O2S.HI/c1-4-12-10-19-15(23-12)7-8-18-16(17)20-11-5-6-13(21-2)14(9-11)22-3;/h5-6,9-10H,4,7-8H2,1-3H3,(H3,17,18,20);1H. The van der Waals surface area contributed by atoms with E-state index in [0.717, 1.165) is 23.5 Å². The van der Waals surface area contributed by atoms with Crippen LogP contribution in [0.5, 0.6) is 11.5 Å². The first-order valence-electron chi connectivity index (χ1n) is 7.38. The Labute approximate surface area is 163 Å². The van der Waals surface area contributed by atoms with Crippen LogP contribution in [0.3, 0.4) is 0 Å². The molecule has 0 aliphatic heterocycles. The highest BCUT2D eigenvalue weighted by molar-refractivity contribution is 14.0. The molecule has 1 aromatic carbocycles. The number of aliphatic imine (C=N–C) groups is 1. The summed E-state index contributed by atoms with van der Waals surface area (Å²) < 4.78 is 10.5. The molecule has 0 fully saturated rings. The maximum atomic E-state index is 5.91. The van der Waals surface area contributed by atoms with Crippen LogP contribution in [-0.4, -0.2) is 31.7 Å². The van der Waals surface area contributed by atoms with Gasteiger partial charge in [-0.15, -0.1) is 35.3 Å². The quantitative estimate of drug-likeness (QED) is 0.375. The van der Waals surface area contributed by atoms with Crippen molar-refractivity contribution in [2.75, 3.05) is 26.1 Å². The first kappa shape index (κ1) is 20.5. The summed E-state index contributed by atoms with van der Waals surface area (Å²) in [5.74, 6) is 1.67. The summed E-state index contributed by atoms with van der Waals surface area (Å²) in [6.07, 6.45) is 3.73. The van der Waals surface area contributed by atoms with Gasteiger partial charge in [0.25, 0.3) is 0 Å². The maximum absolute atomic E-state index is 5.91. The molecule has 0 bridgehead atoms. The number of aromatic nitrogens is 1. The van der Waals surface area contributed by atoms with Gasteiger partial charge in [-0.25, -0.2) is 4.98 Å². The summed E-state index contributed by atoms with van der Waals surface area (Å²) in [7, 11) is 3.20. The van der Waals surface area contributed by atoms with E-state index in [4.69, 9.17) is 15.2 Å². The van der Waals surface area contributed by atoms with Crippen molar-refractivity contribution in [1.82, 2.24) is 4.98 Å². The van der Waals surface area contributed by atoms with E-state index in [1.165, 1.54) is 4.88 Å². The monoisotopic (exact) mass is 462 g/mol. The Morgan fingerprint density at radius 3 is 2.67 bits per heavy atom. The number of anilines is 1. The summed E-state index contributed by atoms with van der Waals surface area (Å²) in [4.78, 5) is 9.99. The lowest BCUT2D eigenvalue weighted by molar-refractivity contribution is 0.355. The average Bonchev–Trinajstić information content (AvgIpc) is 3.02. The SMILES string of the molecule is CCc1cnc(CCN=C(N)Nc2ccc(OC)c(OC)c2)s1.I. The van der Waals surface area contributed by atoms with Crippen LogP contribution in [0.15, 0.2) is 29.4 Å². The number of hydrogen-bond acceptors (Lipinski definition) is 5. The van der Waals surface area contributed by atoms with Crippen LogP contribution in [-0.2, 0) is 12.8 Å². The molecule has 0 radical (unpaired) electrons. The number of ether oxygens (including phenoxy) is 2. The number of benzene rings is 1. The highest BCUT2D eigenvalue weighted by atomic mass is 127. The molecule has 6 nitrogen and oxygen atoms in total. The van der Waals surface area contributed by atoms with Gasteiger partial charge < -0.3 is 20.5 Å². The Kier molecular flexibility index (Phi) is 8.83. The Hall–Kier alpha value is -1.55. The summed E-state index contributed by atoms with van der Waals surface area (Å²) in [5, 5.41) is 4.13. The lowest BCUT2D eigenvalue weighted by atomic mass is 10.3. The van der Waals surface area contributed by atoms with Crippen LogP contribution in [0.2, 0.25) is 0 Å². The van der Waals surface area contributed by atoms with Crippen LogP contribution < -0.4 is 20.5 Å². The van der Waals surface area contributed by atoms with Crippen LogP contribution in [0.1, 0.15) is 16.8 Å². The van der Waals surface area contributed by atoms with Gasteiger partial charge in [0.15, 0.2) is 17.5 Å². The van der Waals surface area contributed by atoms with E-state index in [0.29, 0.717) is 24.0 Å². The molecule has 8 heteroatoms. The van der Waals surface area contributed by atoms with Gasteiger partial charge in [-0.05, 0) is 18.6 Å². The molecule has 2 aromatic rings. The first-order chi connectivity index (χ1) is 11.2. The molecule has 1 heterocycles. The normalized spacial score (nSPS) is 10.9. The third-order valence-corrected chi connectivity index (χ3v) is 4.42. The molecule has 0 saturated heterocycles. The van der Waals surface area contributed by atoms with E-state index in [9.17, 15) is 0 Å². The number of aryl methyl sites for hydroxylation is 1. The van der Waals surface area contributed by atoms with E-state index in [-0.39, 0.29) is 24.0 Å². The van der Waals surface area contributed by atoms with Crippen molar-refractivity contribution in [1.29, 1.82) is 0 Å². The molecular formula is C16H23IN4O2S. The molecule has 24 heavy (non-hydrogen) atoms. The molecule has 0 unspecified atom stereocenters. The van der Waals surface area contributed by atoms with Gasteiger partial charge in [0.05, 0.1) is 19.2 Å². The van der Waals surface area contributed by atoms with Crippen molar-refractivity contribution in [2.24, 2.45) is 10.7 Å².